The van der Waals surface area contributed by atoms with Crippen LogP contribution in [-0.2, 0) is 17.8 Å². The second-order valence-electron chi connectivity index (χ2n) is 6.63. The summed E-state index contributed by atoms with van der Waals surface area (Å²) in [7, 11) is 0. The summed E-state index contributed by atoms with van der Waals surface area (Å²) in [6.07, 6.45) is 0.251. The van der Waals surface area contributed by atoms with E-state index < -0.39 is 6.10 Å². The number of ether oxygens (including phenoxy) is 1. The summed E-state index contributed by atoms with van der Waals surface area (Å²) in [6, 6.07) is 7.89. The van der Waals surface area contributed by atoms with Gasteiger partial charge in [-0.2, -0.15) is 0 Å². The third-order valence-electron chi connectivity index (χ3n) is 4.54. The van der Waals surface area contributed by atoms with Crippen molar-refractivity contribution in [1.82, 2.24) is 10.1 Å². The van der Waals surface area contributed by atoms with Gasteiger partial charge in [-0.1, -0.05) is 37.2 Å². The Kier molecular flexibility index (Phi) is 4.60. The van der Waals surface area contributed by atoms with Crippen LogP contribution in [0.3, 0.4) is 0 Å². The minimum Gasteiger partial charge on any atom is -0.481 e. The summed E-state index contributed by atoms with van der Waals surface area (Å²) in [6.45, 7) is 9.12. The van der Waals surface area contributed by atoms with Crippen molar-refractivity contribution in [2.24, 2.45) is 0 Å². The Hall–Kier alpha value is -2.30. The van der Waals surface area contributed by atoms with Gasteiger partial charge in [-0.3, -0.25) is 4.79 Å². The van der Waals surface area contributed by atoms with Crippen molar-refractivity contribution in [1.29, 1.82) is 0 Å². The largest absolute Gasteiger partial charge is 0.481 e. The van der Waals surface area contributed by atoms with Gasteiger partial charge < -0.3 is 14.2 Å². The molecule has 1 aromatic carbocycles. The lowest BCUT2D eigenvalue weighted by Crippen LogP contribution is -2.43. The smallest absolute Gasteiger partial charge is 0.263 e. The third-order valence-corrected chi connectivity index (χ3v) is 4.54. The molecule has 0 bridgehead atoms. The molecule has 1 amide bonds. The van der Waals surface area contributed by atoms with Gasteiger partial charge in [0.05, 0.1) is 12.2 Å². The zero-order valence-corrected chi connectivity index (χ0v) is 14.7. The lowest BCUT2D eigenvalue weighted by atomic mass is 10.0. The SMILES string of the molecule is Cc1noc2c1CCN(C(=O)C(C)Oc1ccccc1C(C)C)C2. The third kappa shape index (κ3) is 3.16. The summed E-state index contributed by atoms with van der Waals surface area (Å²) in [5.41, 5.74) is 3.17. The summed E-state index contributed by atoms with van der Waals surface area (Å²) in [4.78, 5) is 14.5. The molecule has 0 radical (unpaired) electrons. The van der Waals surface area contributed by atoms with E-state index in [0.717, 1.165) is 34.8 Å². The fourth-order valence-electron chi connectivity index (χ4n) is 3.13. The van der Waals surface area contributed by atoms with Gasteiger partial charge in [0.1, 0.15) is 5.75 Å². The first kappa shape index (κ1) is 16.6. The molecule has 0 saturated carbocycles. The highest BCUT2D eigenvalue weighted by Gasteiger charge is 2.29. The molecule has 1 aliphatic rings. The molecule has 2 heterocycles. The number of aryl methyl sites for hydroxylation is 1. The number of nitrogens with zero attached hydrogens (tertiary/aromatic N) is 2. The van der Waals surface area contributed by atoms with Gasteiger partial charge in [-0.05, 0) is 37.8 Å². The number of benzene rings is 1. The van der Waals surface area contributed by atoms with Gasteiger partial charge in [0.25, 0.3) is 5.91 Å². The van der Waals surface area contributed by atoms with Crippen LogP contribution >= 0.6 is 0 Å². The lowest BCUT2D eigenvalue weighted by molar-refractivity contribution is -0.139. The van der Waals surface area contributed by atoms with Gasteiger partial charge in [-0.15, -0.1) is 0 Å². The van der Waals surface area contributed by atoms with Gasteiger partial charge in [-0.25, -0.2) is 0 Å². The fraction of sp³-hybridized carbons (Fsp3) is 0.474. The number of hydrogen-bond acceptors (Lipinski definition) is 4. The second kappa shape index (κ2) is 6.67. The van der Waals surface area contributed by atoms with Crippen LogP contribution in [0.4, 0.5) is 0 Å². The normalized spacial score (nSPS) is 15.3. The van der Waals surface area contributed by atoms with Gasteiger partial charge in [0.15, 0.2) is 11.9 Å². The van der Waals surface area contributed by atoms with E-state index >= 15 is 0 Å². The molecule has 0 saturated heterocycles. The summed E-state index contributed by atoms with van der Waals surface area (Å²) < 4.78 is 11.3. The summed E-state index contributed by atoms with van der Waals surface area (Å²) in [5.74, 6) is 1.90. The maximum Gasteiger partial charge on any atom is 0.263 e. The molecular formula is C19H24N2O3. The number of carbonyl (C=O) groups excluding carboxylic acids is 1. The predicted octanol–water partition coefficient (Wildman–Crippen LogP) is 3.46. The Balaban J connectivity index is 1.70. The predicted molar refractivity (Wildman–Crippen MR) is 91.0 cm³/mol. The van der Waals surface area contributed by atoms with E-state index in [2.05, 4.69) is 19.0 Å². The average molecular weight is 328 g/mol. The first-order valence-corrected chi connectivity index (χ1v) is 8.45. The van der Waals surface area contributed by atoms with Crippen molar-refractivity contribution in [3.05, 3.63) is 46.8 Å². The molecule has 1 aliphatic heterocycles. The Morgan fingerprint density at radius 3 is 2.79 bits per heavy atom. The minimum absolute atomic E-state index is 0.0201. The average Bonchev–Trinajstić information content (AvgIpc) is 2.95. The van der Waals surface area contributed by atoms with Crippen LogP contribution < -0.4 is 4.74 Å². The minimum atomic E-state index is -0.532. The molecule has 5 nitrogen and oxygen atoms in total. The van der Waals surface area contributed by atoms with Crippen LogP contribution in [-0.4, -0.2) is 28.6 Å². The summed E-state index contributed by atoms with van der Waals surface area (Å²) >= 11 is 0. The highest BCUT2D eigenvalue weighted by Crippen LogP contribution is 2.28. The van der Waals surface area contributed by atoms with Gasteiger partial charge in [0, 0.05) is 12.1 Å². The number of para-hydroxylation sites is 1. The number of rotatable bonds is 4. The molecule has 1 atom stereocenters. The number of carbonyl (C=O) groups is 1. The molecule has 0 fully saturated rings. The number of fused-ring (bicyclic) bond motifs is 1. The number of hydrogen-bond donors (Lipinski definition) is 0. The molecule has 128 valence electrons. The van der Waals surface area contributed by atoms with Crippen LogP contribution in [0.25, 0.3) is 0 Å². The quantitative estimate of drug-likeness (QED) is 0.862. The van der Waals surface area contributed by atoms with Crippen LogP contribution in [0.5, 0.6) is 5.75 Å². The Morgan fingerprint density at radius 1 is 1.29 bits per heavy atom. The zero-order valence-electron chi connectivity index (χ0n) is 14.7. The van der Waals surface area contributed by atoms with Crippen LogP contribution in [0.15, 0.2) is 28.8 Å². The molecule has 0 N–H and O–H groups in total. The highest BCUT2D eigenvalue weighted by atomic mass is 16.5. The molecule has 24 heavy (non-hydrogen) atoms. The highest BCUT2D eigenvalue weighted by molar-refractivity contribution is 5.81. The van der Waals surface area contributed by atoms with Crippen molar-refractivity contribution in [2.45, 2.75) is 52.7 Å². The Morgan fingerprint density at radius 2 is 2.04 bits per heavy atom. The van der Waals surface area contributed by atoms with Crippen molar-refractivity contribution in [3.63, 3.8) is 0 Å². The number of amides is 1. The van der Waals surface area contributed by atoms with Crippen molar-refractivity contribution in [2.75, 3.05) is 6.54 Å². The van der Waals surface area contributed by atoms with Gasteiger partial charge >= 0.3 is 0 Å². The van der Waals surface area contributed by atoms with E-state index in [1.54, 1.807) is 11.8 Å². The van der Waals surface area contributed by atoms with Gasteiger partial charge in [0.2, 0.25) is 0 Å². The van der Waals surface area contributed by atoms with E-state index in [1.807, 2.05) is 31.2 Å². The van der Waals surface area contributed by atoms with E-state index in [0.29, 0.717) is 19.0 Å². The van der Waals surface area contributed by atoms with Crippen molar-refractivity contribution in [3.8, 4) is 5.75 Å². The summed E-state index contributed by atoms with van der Waals surface area (Å²) in [5, 5.41) is 3.99. The monoisotopic (exact) mass is 328 g/mol. The maximum atomic E-state index is 12.7. The molecule has 5 heteroatoms. The standard InChI is InChI=1S/C19H24N2O3/c1-12(2)15-7-5-6-8-17(15)23-14(4)19(22)21-10-9-16-13(3)20-24-18(16)11-21/h5-8,12,14H,9-11H2,1-4H3. The Bertz CT molecular complexity index is 736. The zero-order chi connectivity index (χ0) is 17.3. The topological polar surface area (TPSA) is 55.6 Å². The fourth-order valence-corrected chi connectivity index (χ4v) is 3.13. The molecule has 1 aromatic heterocycles. The number of aromatic nitrogens is 1. The van der Waals surface area contributed by atoms with Crippen LogP contribution in [0, 0.1) is 6.92 Å². The van der Waals surface area contributed by atoms with E-state index in [9.17, 15) is 4.79 Å². The van der Waals surface area contributed by atoms with E-state index in [1.165, 1.54) is 0 Å². The lowest BCUT2D eigenvalue weighted by Gasteiger charge is -2.29. The van der Waals surface area contributed by atoms with Crippen LogP contribution in [0.1, 0.15) is 49.3 Å². The van der Waals surface area contributed by atoms with E-state index in [4.69, 9.17) is 9.26 Å². The van der Waals surface area contributed by atoms with Crippen LogP contribution in [0.2, 0.25) is 0 Å². The maximum absolute atomic E-state index is 12.7. The molecule has 3 rings (SSSR count). The molecule has 1 unspecified atom stereocenters. The second-order valence-corrected chi connectivity index (χ2v) is 6.63. The first-order valence-electron chi connectivity index (χ1n) is 8.45. The molecular weight excluding hydrogens is 304 g/mol. The van der Waals surface area contributed by atoms with Crippen molar-refractivity contribution < 1.29 is 14.1 Å². The molecule has 0 spiro atoms. The molecule has 2 aromatic rings. The Labute approximate surface area is 142 Å². The molecule has 0 aliphatic carbocycles. The van der Waals surface area contributed by atoms with Crippen molar-refractivity contribution >= 4 is 5.91 Å². The van der Waals surface area contributed by atoms with E-state index in [-0.39, 0.29) is 5.91 Å². The first-order chi connectivity index (χ1) is 11.5.